The van der Waals surface area contributed by atoms with Gasteiger partial charge in [0.1, 0.15) is 24.3 Å². The third kappa shape index (κ3) is 8.22. The molecule has 5 N–H and O–H groups in total. The van der Waals surface area contributed by atoms with E-state index in [0.717, 1.165) is 0 Å². The maximum absolute atomic E-state index is 13.8. The number of nitrogens with zero attached hydrogens (tertiary/aromatic N) is 2. The number of halogens is 2. The first kappa shape index (κ1) is 32.5. The van der Waals surface area contributed by atoms with Crippen molar-refractivity contribution in [2.24, 2.45) is 0 Å². The van der Waals surface area contributed by atoms with E-state index < -0.39 is 12.0 Å². The van der Waals surface area contributed by atoms with Crippen LogP contribution in [0.1, 0.15) is 25.3 Å². The van der Waals surface area contributed by atoms with E-state index >= 15 is 0 Å². The summed E-state index contributed by atoms with van der Waals surface area (Å²) in [5, 5.41) is 23.6. The number of aliphatic hydroxyl groups is 1. The summed E-state index contributed by atoms with van der Waals surface area (Å²) in [7, 11) is 0. The Kier molecular flexibility index (Phi) is 10.5. The first-order valence-electron chi connectivity index (χ1n) is 14.4. The van der Waals surface area contributed by atoms with Gasteiger partial charge >= 0.3 is 0 Å². The highest BCUT2D eigenvalue weighted by molar-refractivity contribution is 6.31. The molecule has 0 aliphatic carbocycles. The molecule has 2 amide bonds. The van der Waals surface area contributed by atoms with Gasteiger partial charge in [0, 0.05) is 68.8 Å². The molecule has 10 nitrogen and oxygen atoms in total. The van der Waals surface area contributed by atoms with Gasteiger partial charge in [-0.1, -0.05) is 35.3 Å². The standard InChI is InChI=1S/C34H32Cl2N6O4/c1-20-30(33(44)41-25-9-5-23(35)6-10-25)32(31(21(2)40-20)34(45)42-26-11-7-24(36)8-12-26)22-3-13-28(14-4-22)46-19-27(43)17-39-29-18-37-15-16-38-29/h3-16,18,27,32,40,43H,17,19H2,1-2H3,(H,38,39)(H,41,44)(H,42,45). The highest BCUT2D eigenvalue weighted by atomic mass is 35.5. The molecule has 0 spiro atoms. The summed E-state index contributed by atoms with van der Waals surface area (Å²) >= 11 is 12.1. The van der Waals surface area contributed by atoms with Crippen LogP contribution in [0.5, 0.6) is 5.75 Å². The first-order valence-corrected chi connectivity index (χ1v) is 15.2. The predicted molar refractivity (Wildman–Crippen MR) is 180 cm³/mol. The van der Waals surface area contributed by atoms with Gasteiger partial charge in [-0.15, -0.1) is 0 Å². The molecule has 3 aromatic carbocycles. The van der Waals surface area contributed by atoms with Crippen LogP contribution in [0.4, 0.5) is 17.2 Å². The Balaban J connectivity index is 1.39. The molecular formula is C34H32Cl2N6O4. The summed E-state index contributed by atoms with van der Waals surface area (Å²) < 4.78 is 5.82. The summed E-state index contributed by atoms with van der Waals surface area (Å²) in [6.45, 7) is 3.85. The van der Waals surface area contributed by atoms with Crippen LogP contribution < -0.4 is 26.0 Å². The number of dihydropyridines is 1. The predicted octanol–water partition coefficient (Wildman–Crippen LogP) is 6.15. The van der Waals surface area contributed by atoms with Gasteiger partial charge in [-0.05, 0) is 80.1 Å². The second-order valence-electron chi connectivity index (χ2n) is 10.6. The molecule has 0 fully saturated rings. The monoisotopic (exact) mass is 658 g/mol. The molecule has 1 atom stereocenters. The number of nitrogens with one attached hydrogen (secondary N) is 4. The molecule has 1 aliphatic rings. The zero-order valence-corrected chi connectivity index (χ0v) is 26.6. The molecule has 236 valence electrons. The molecule has 5 rings (SSSR count). The van der Waals surface area contributed by atoms with Crippen LogP contribution in [-0.2, 0) is 9.59 Å². The second-order valence-corrected chi connectivity index (χ2v) is 11.4. The van der Waals surface area contributed by atoms with E-state index in [1.165, 1.54) is 0 Å². The van der Waals surface area contributed by atoms with Gasteiger partial charge in [0.15, 0.2) is 0 Å². The van der Waals surface area contributed by atoms with Gasteiger partial charge < -0.3 is 31.1 Å². The van der Waals surface area contributed by atoms with Crippen LogP contribution in [0.2, 0.25) is 10.0 Å². The van der Waals surface area contributed by atoms with E-state index in [4.69, 9.17) is 27.9 Å². The number of amides is 2. The smallest absolute Gasteiger partial charge is 0.254 e. The fourth-order valence-corrected chi connectivity index (χ4v) is 5.27. The minimum absolute atomic E-state index is 0.0292. The normalized spacial score (nSPS) is 13.9. The van der Waals surface area contributed by atoms with Crippen LogP contribution in [0, 0.1) is 0 Å². The number of aromatic nitrogens is 2. The van der Waals surface area contributed by atoms with Gasteiger partial charge in [-0.25, -0.2) is 4.98 Å². The van der Waals surface area contributed by atoms with Gasteiger partial charge in [0.25, 0.3) is 11.8 Å². The first-order chi connectivity index (χ1) is 22.2. The maximum atomic E-state index is 13.8. The molecule has 0 saturated heterocycles. The van der Waals surface area contributed by atoms with Crippen LogP contribution in [-0.4, -0.2) is 46.1 Å². The fourth-order valence-electron chi connectivity index (χ4n) is 5.01. The fraction of sp³-hybridized carbons (Fsp3) is 0.176. The van der Waals surface area contributed by atoms with Crippen molar-refractivity contribution in [1.29, 1.82) is 0 Å². The lowest BCUT2D eigenvalue weighted by Crippen LogP contribution is -2.35. The van der Waals surface area contributed by atoms with Crippen molar-refractivity contribution < 1.29 is 19.4 Å². The number of carbonyl (C=O) groups excluding carboxylic acids is 2. The van der Waals surface area contributed by atoms with Crippen molar-refractivity contribution in [2.45, 2.75) is 25.9 Å². The number of benzene rings is 3. The van der Waals surface area contributed by atoms with Crippen molar-refractivity contribution in [3.63, 3.8) is 0 Å². The molecule has 0 saturated carbocycles. The van der Waals surface area contributed by atoms with Gasteiger partial charge in [-0.3, -0.25) is 14.6 Å². The number of hydrogen-bond acceptors (Lipinski definition) is 8. The zero-order chi connectivity index (χ0) is 32.6. The number of anilines is 3. The van der Waals surface area contributed by atoms with Crippen LogP contribution >= 0.6 is 23.2 Å². The van der Waals surface area contributed by atoms with Gasteiger partial charge in [0.05, 0.1) is 6.20 Å². The summed E-state index contributed by atoms with van der Waals surface area (Å²) in [6.07, 6.45) is 3.87. The van der Waals surface area contributed by atoms with E-state index in [0.29, 0.717) is 61.1 Å². The van der Waals surface area contributed by atoms with Crippen molar-refractivity contribution in [2.75, 3.05) is 29.1 Å². The minimum atomic E-state index is -0.811. The average molecular weight is 660 g/mol. The highest BCUT2D eigenvalue weighted by Crippen LogP contribution is 2.40. The lowest BCUT2D eigenvalue weighted by atomic mass is 9.79. The Morgan fingerprint density at radius 1 is 0.848 bits per heavy atom. The summed E-state index contributed by atoms with van der Waals surface area (Å²) in [5.41, 5.74) is 3.78. The molecule has 12 heteroatoms. The molecule has 2 heterocycles. The number of rotatable bonds is 11. The van der Waals surface area contributed by atoms with E-state index in [2.05, 4.69) is 31.2 Å². The summed E-state index contributed by atoms with van der Waals surface area (Å²) in [4.78, 5) is 35.8. The maximum Gasteiger partial charge on any atom is 0.254 e. The van der Waals surface area contributed by atoms with E-state index in [1.54, 1.807) is 105 Å². The SMILES string of the molecule is CC1=C(C(=O)Nc2ccc(Cl)cc2)C(c2ccc(OCC(O)CNc3cnccn3)cc2)C(C(=O)Nc2ccc(Cl)cc2)=C(C)N1. The molecule has 0 bridgehead atoms. The number of ether oxygens (including phenoxy) is 1. The molecule has 4 aromatic rings. The third-order valence-electron chi connectivity index (χ3n) is 7.19. The third-order valence-corrected chi connectivity index (χ3v) is 7.70. The number of carbonyl (C=O) groups is 2. The molecule has 1 unspecified atom stereocenters. The Morgan fingerprint density at radius 3 is 1.89 bits per heavy atom. The van der Waals surface area contributed by atoms with Crippen molar-refractivity contribution in [3.05, 3.63) is 130 Å². The van der Waals surface area contributed by atoms with Crippen molar-refractivity contribution in [1.82, 2.24) is 15.3 Å². The minimum Gasteiger partial charge on any atom is -0.491 e. The Hall–Kier alpha value is -4.90. The van der Waals surface area contributed by atoms with Gasteiger partial charge in [0.2, 0.25) is 0 Å². The summed E-state index contributed by atoms with van der Waals surface area (Å²) in [5.74, 6) is -0.415. The average Bonchev–Trinajstić information content (AvgIpc) is 3.05. The van der Waals surface area contributed by atoms with E-state index in [-0.39, 0.29) is 25.0 Å². The lowest BCUT2D eigenvalue weighted by Gasteiger charge is -2.31. The summed E-state index contributed by atoms with van der Waals surface area (Å²) in [6, 6.07) is 20.7. The van der Waals surface area contributed by atoms with Crippen LogP contribution in [0.25, 0.3) is 0 Å². The molecular weight excluding hydrogens is 627 g/mol. The Morgan fingerprint density at radius 2 is 1.39 bits per heavy atom. The number of hydrogen-bond donors (Lipinski definition) is 5. The van der Waals surface area contributed by atoms with Crippen LogP contribution in [0.3, 0.4) is 0 Å². The quantitative estimate of drug-likeness (QED) is 0.129. The molecule has 1 aromatic heterocycles. The van der Waals surface area contributed by atoms with E-state index in [9.17, 15) is 14.7 Å². The molecule has 1 aliphatic heterocycles. The van der Waals surface area contributed by atoms with Crippen molar-refractivity contribution >= 4 is 52.2 Å². The van der Waals surface area contributed by atoms with E-state index in [1.807, 2.05) is 0 Å². The van der Waals surface area contributed by atoms with Gasteiger partial charge in [-0.2, -0.15) is 0 Å². The molecule has 46 heavy (non-hydrogen) atoms. The topological polar surface area (TPSA) is 138 Å². The number of allylic oxidation sites excluding steroid dienone is 2. The Bertz CT molecular complexity index is 1660. The van der Waals surface area contributed by atoms with Crippen molar-refractivity contribution in [3.8, 4) is 5.75 Å². The lowest BCUT2D eigenvalue weighted by molar-refractivity contribution is -0.113. The zero-order valence-electron chi connectivity index (χ0n) is 25.1. The largest absolute Gasteiger partial charge is 0.491 e. The second kappa shape index (κ2) is 14.9. The number of aliphatic hydroxyl groups excluding tert-OH is 1. The highest BCUT2D eigenvalue weighted by Gasteiger charge is 2.36. The molecule has 0 radical (unpaired) electrons. The van der Waals surface area contributed by atoms with Crippen LogP contribution in [0.15, 0.2) is 114 Å². The Labute approximate surface area is 276 Å².